The van der Waals surface area contributed by atoms with Crippen LogP contribution in [0.4, 0.5) is 5.13 Å². The number of ketones is 1. The minimum atomic E-state index is -1.02. The van der Waals surface area contributed by atoms with Crippen molar-refractivity contribution < 1.29 is 24.2 Å². The van der Waals surface area contributed by atoms with E-state index in [1.807, 2.05) is 80.8 Å². The van der Waals surface area contributed by atoms with E-state index in [0.717, 1.165) is 11.1 Å². The number of anilines is 1. The van der Waals surface area contributed by atoms with Crippen LogP contribution in [-0.4, -0.2) is 49.6 Å². The van der Waals surface area contributed by atoms with Gasteiger partial charge in [-0.2, -0.15) is 0 Å². The summed E-state index contributed by atoms with van der Waals surface area (Å²) >= 11 is 2.70. The average molecular weight is 642 g/mol. The molecule has 0 radical (unpaired) electrons. The maximum Gasteiger partial charge on any atom is 0.301 e. The van der Waals surface area contributed by atoms with E-state index in [-0.39, 0.29) is 22.2 Å². The van der Waals surface area contributed by atoms with Gasteiger partial charge in [-0.15, -0.1) is 10.2 Å². The summed E-state index contributed by atoms with van der Waals surface area (Å²) in [5.74, 6) is -0.369. The molecule has 0 bridgehead atoms. The summed E-state index contributed by atoms with van der Waals surface area (Å²) in [5.41, 5.74) is 3.96. The third-order valence-corrected chi connectivity index (χ3v) is 9.57. The number of pyridine rings is 1. The number of thioether (sulfide) groups is 1. The number of Topliss-reactive ketones (excluding diaryl/α,β-unsaturated/α-hetero) is 1. The number of rotatable bonds is 10. The van der Waals surface area contributed by atoms with Crippen LogP contribution in [0.1, 0.15) is 48.0 Å². The minimum absolute atomic E-state index is 0.0931. The normalized spacial score (nSPS) is 16.1. The van der Waals surface area contributed by atoms with E-state index in [1.165, 1.54) is 28.0 Å². The Morgan fingerprint density at radius 2 is 1.73 bits per heavy atom. The van der Waals surface area contributed by atoms with E-state index in [4.69, 9.17) is 9.47 Å². The first kappa shape index (κ1) is 30.4. The van der Waals surface area contributed by atoms with Crippen molar-refractivity contribution in [3.05, 3.63) is 101 Å². The van der Waals surface area contributed by atoms with Crippen LogP contribution in [0.25, 0.3) is 11.4 Å². The van der Waals surface area contributed by atoms with Crippen molar-refractivity contribution in [2.45, 2.75) is 43.8 Å². The maximum absolute atomic E-state index is 13.8. The van der Waals surface area contributed by atoms with E-state index in [0.29, 0.717) is 51.7 Å². The first-order chi connectivity index (χ1) is 21.8. The number of aryl methyl sites for hydroxylation is 2. The summed E-state index contributed by atoms with van der Waals surface area (Å²) in [5, 5.41) is 20.7. The number of carbonyl (C=O) groups excluding carboxylic acids is 2. The molecule has 5 aromatic rings. The zero-order chi connectivity index (χ0) is 31.7. The Balaban J connectivity index is 1.48. The monoisotopic (exact) mass is 641 g/mol. The highest BCUT2D eigenvalue weighted by Crippen LogP contribution is 2.46. The molecule has 0 saturated carbocycles. The van der Waals surface area contributed by atoms with Gasteiger partial charge in [0.1, 0.15) is 11.3 Å². The van der Waals surface area contributed by atoms with Gasteiger partial charge in [-0.05, 0) is 62.6 Å². The molecule has 0 spiro atoms. The lowest BCUT2D eigenvalue weighted by atomic mass is 9.96. The van der Waals surface area contributed by atoms with Gasteiger partial charge in [0.15, 0.2) is 21.6 Å². The van der Waals surface area contributed by atoms with E-state index in [1.54, 1.807) is 18.2 Å². The number of aliphatic hydroxyl groups excluding tert-OH is 1. The lowest BCUT2D eigenvalue weighted by Crippen LogP contribution is -2.29. The number of nitrogens with zero attached hydrogens (tertiary/aromatic N) is 5. The van der Waals surface area contributed by atoms with Crippen LogP contribution in [0, 0.1) is 13.8 Å². The number of aromatic nitrogens is 4. The van der Waals surface area contributed by atoms with Gasteiger partial charge in [0.05, 0.1) is 30.5 Å². The molecule has 1 N–H and O–H groups in total. The number of hydrogen-bond acceptors (Lipinski definition) is 10. The largest absolute Gasteiger partial charge is 0.505 e. The van der Waals surface area contributed by atoms with Gasteiger partial charge in [0.2, 0.25) is 5.13 Å². The number of aliphatic hydroxyl groups is 1. The molecule has 2 aromatic carbocycles. The second-order valence-corrected chi connectivity index (χ2v) is 12.5. The Morgan fingerprint density at radius 1 is 0.978 bits per heavy atom. The molecule has 1 atom stereocenters. The number of carbonyl (C=O) groups is 2. The van der Waals surface area contributed by atoms with Crippen LogP contribution < -0.4 is 14.4 Å². The smallest absolute Gasteiger partial charge is 0.301 e. The molecule has 1 fully saturated rings. The molecule has 3 aromatic heterocycles. The van der Waals surface area contributed by atoms with E-state index in [2.05, 4.69) is 15.2 Å². The molecule has 1 amide bonds. The lowest BCUT2D eigenvalue weighted by molar-refractivity contribution is -0.132. The lowest BCUT2D eigenvalue weighted by Gasteiger charge is -2.23. The van der Waals surface area contributed by atoms with Crippen molar-refractivity contribution in [1.29, 1.82) is 0 Å². The van der Waals surface area contributed by atoms with Crippen LogP contribution in [0.15, 0.2) is 76.8 Å². The molecule has 12 heteroatoms. The van der Waals surface area contributed by atoms with E-state index >= 15 is 0 Å². The van der Waals surface area contributed by atoms with Crippen LogP contribution >= 0.6 is 23.1 Å². The zero-order valence-electron chi connectivity index (χ0n) is 25.2. The van der Waals surface area contributed by atoms with Gasteiger partial charge < -0.3 is 19.0 Å². The summed E-state index contributed by atoms with van der Waals surface area (Å²) in [6, 6.07) is 18.0. The summed E-state index contributed by atoms with van der Waals surface area (Å²) < 4.78 is 14.1. The minimum Gasteiger partial charge on any atom is -0.505 e. The molecule has 4 heterocycles. The third kappa shape index (κ3) is 5.67. The molecule has 45 heavy (non-hydrogen) atoms. The summed E-state index contributed by atoms with van der Waals surface area (Å²) in [6.07, 6.45) is 1.84. The Morgan fingerprint density at radius 3 is 2.47 bits per heavy atom. The molecule has 1 unspecified atom stereocenters. The Hall–Kier alpha value is -4.68. The van der Waals surface area contributed by atoms with Gasteiger partial charge in [0, 0.05) is 11.9 Å². The predicted octanol–water partition coefficient (Wildman–Crippen LogP) is 6.52. The first-order valence-electron chi connectivity index (χ1n) is 14.5. The van der Waals surface area contributed by atoms with Crippen molar-refractivity contribution in [3.63, 3.8) is 0 Å². The number of amides is 1. The van der Waals surface area contributed by atoms with Crippen LogP contribution in [-0.2, 0) is 15.3 Å². The molecule has 230 valence electrons. The molecule has 0 aliphatic carbocycles. The highest BCUT2D eigenvalue weighted by Gasteiger charge is 2.49. The average Bonchev–Trinajstić information content (AvgIpc) is 3.72. The van der Waals surface area contributed by atoms with Crippen LogP contribution in [0.2, 0.25) is 0 Å². The SMILES string of the molecule is CCOc1ccc(C2/C(=C(\O)c3nc4c(C)cccn4c3C)C(=O)C(=O)N2c2nnc(SCc3ccccc3)s2)cc1OCC. The van der Waals surface area contributed by atoms with Crippen molar-refractivity contribution in [1.82, 2.24) is 19.6 Å². The number of hydrogen-bond donors (Lipinski definition) is 1. The zero-order valence-corrected chi connectivity index (χ0v) is 26.8. The number of benzene rings is 2. The molecular weight excluding hydrogens is 611 g/mol. The standard InChI is InChI=1S/C33H31N5O5S2/c1-5-42-23-15-14-22(17-24(23)43-6-2)27-25(28(39)26-20(4)37-16-10-11-19(3)30(37)34-26)29(40)31(41)38(27)32-35-36-33(45-32)44-18-21-12-8-7-9-13-21/h7-17,27,39H,5-6,18H2,1-4H3/b28-25+. The molecule has 1 aliphatic rings. The molecule has 6 rings (SSSR count). The summed E-state index contributed by atoms with van der Waals surface area (Å²) in [6.45, 7) is 8.27. The van der Waals surface area contributed by atoms with Crippen molar-refractivity contribution in [3.8, 4) is 11.5 Å². The molecular formula is C33H31N5O5S2. The van der Waals surface area contributed by atoms with E-state index < -0.39 is 17.7 Å². The summed E-state index contributed by atoms with van der Waals surface area (Å²) in [4.78, 5) is 33.6. The second kappa shape index (κ2) is 12.7. The van der Waals surface area contributed by atoms with Crippen molar-refractivity contribution in [2.24, 2.45) is 0 Å². The fourth-order valence-electron chi connectivity index (χ4n) is 5.33. The Bertz CT molecular complexity index is 1930. The Kier molecular flexibility index (Phi) is 8.59. The topological polar surface area (TPSA) is 119 Å². The number of ether oxygens (including phenoxy) is 2. The highest BCUT2D eigenvalue weighted by molar-refractivity contribution is 8.00. The van der Waals surface area contributed by atoms with Gasteiger partial charge in [0.25, 0.3) is 5.78 Å². The number of fused-ring (bicyclic) bond motifs is 1. The van der Waals surface area contributed by atoms with E-state index in [9.17, 15) is 14.7 Å². The van der Waals surface area contributed by atoms with Crippen LogP contribution in [0.3, 0.4) is 0 Å². The van der Waals surface area contributed by atoms with Crippen molar-refractivity contribution >= 4 is 51.3 Å². The quantitative estimate of drug-likeness (QED) is 0.0598. The molecule has 1 saturated heterocycles. The van der Waals surface area contributed by atoms with Crippen LogP contribution in [0.5, 0.6) is 11.5 Å². The second-order valence-electron chi connectivity index (χ2n) is 10.3. The fraction of sp³-hybridized carbons (Fsp3) is 0.242. The first-order valence-corrected chi connectivity index (χ1v) is 16.3. The third-order valence-electron chi connectivity index (χ3n) is 7.44. The van der Waals surface area contributed by atoms with Gasteiger partial charge >= 0.3 is 5.91 Å². The van der Waals surface area contributed by atoms with Gasteiger partial charge in [-0.1, -0.05) is 65.6 Å². The van der Waals surface area contributed by atoms with Crippen molar-refractivity contribution in [2.75, 3.05) is 18.1 Å². The molecule has 10 nitrogen and oxygen atoms in total. The Labute approximate surface area is 268 Å². The highest BCUT2D eigenvalue weighted by atomic mass is 32.2. The molecule has 1 aliphatic heterocycles. The van der Waals surface area contributed by atoms with Gasteiger partial charge in [-0.25, -0.2) is 4.98 Å². The maximum atomic E-state index is 13.8. The van der Waals surface area contributed by atoms with Gasteiger partial charge in [-0.3, -0.25) is 14.5 Å². The number of imidazole rings is 1. The summed E-state index contributed by atoms with van der Waals surface area (Å²) in [7, 11) is 0. The fourth-order valence-corrected chi connectivity index (χ4v) is 7.16. The predicted molar refractivity (Wildman–Crippen MR) is 174 cm³/mol.